The molecule has 0 radical (unpaired) electrons. The molecule has 0 atom stereocenters. The molecule has 0 unspecified atom stereocenters. The Morgan fingerprint density at radius 2 is 1.95 bits per heavy atom. The van der Waals surface area contributed by atoms with Crippen molar-refractivity contribution in [3.63, 3.8) is 0 Å². The summed E-state index contributed by atoms with van der Waals surface area (Å²) in [5.41, 5.74) is 2.47. The molecule has 0 bridgehead atoms. The molecule has 0 saturated heterocycles. The van der Waals surface area contributed by atoms with E-state index in [0.29, 0.717) is 10.8 Å². The maximum Gasteiger partial charge on any atom is 0.294 e. The second kappa shape index (κ2) is 5.25. The Bertz CT molecular complexity index is 666. The lowest BCUT2D eigenvalue weighted by atomic mass is 10.1. The Morgan fingerprint density at radius 3 is 2.75 bits per heavy atom. The van der Waals surface area contributed by atoms with Gasteiger partial charge in [-0.25, -0.2) is 4.68 Å². The molecule has 0 aliphatic heterocycles. The van der Waals surface area contributed by atoms with Crippen molar-refractivity contribution < 1.29 is 4.92 Å². The van der Waals surface area contributed by atoms with Crippen molar-refractivity contribution >= 4 is 17.3 Å². The molecule has 0 amide bonds. The van der Waals surface area contributed by atoms with E-state index in [4.69, 9.17) is 11.6 Å². The molecule has 104 valence electrons. The van der Waals surface area contributed by atoms with Gasteiger partial charge < -0.3 is 0 Å². The SMILES string of the molecule is O=[N+]([O-])c1ccccc1-n1nc2c(c1Cl)CCCCC2. The second-order valence-corrected chi connectivity index (χ2v) is 5.29. The zero-order valence-electron chi connectivity index (χ0n) is 10.9. The van der Waals surface area contributed by atoms with Crippen LogP contribution in [0.3, 0.4) is 0 Å². The van der Waals surface area contributed by atoms with E-state index in [1.807, 2.05) is 0 Å². The van der Waals surface area contributed by atoms with E-state index in [9.17, 15) is 10.1 Å². The topological polar surface area (TPSA) is 61.0 Å². The van der Waals surface area contributed by atoms with Crippen molar-refractivity contribution in [2.24, 2.45) is 0 Å². The van der Waals surface area contributed by atoms with Gasteiger partial charge in [-0.2, -0.15) is 5.10 Å². The van der Waals surface area contributed by atoms with Gasteiger partial charge in [0.25, 0.3) is 5.69 Å². The second-order valence-electron chi connectivity index (χ2n) is 4.93. The van der Waals surface area contributed by atoms with Crippen LogP contribution in [0, 0.1) is 10.1 Å². The fraction of sp³-hybridized carbons (Fsp3) is 0.357. The summed E-state index contributed by atoms with van der Waals surface area (Å²) in [5, 5.41) is 16.1. The van der Waals surface area contributed by atoms with E-state index < -0.39 is 4.92 Å². The zero-order valence-corrected chi connectivity index (χ0v) is 11.6. The number of hydrogen-bond donors (Lipinski definition) is 0. The predicted molar refractivity (Wildman–Crippen MR) is 76.5 cm³/mol. The largest absolute Gasteiger partial charge is 0.294 e. The van der Waals surface area contributed by atoms with Gasteiger partial charge in [0.2, 0.25) is 0 Å². The number of aryl methyl sites for hydroxylation is 1. The number of nitrogens with zero attached hydrogens (tertiary/aromatic N) is 3. The van der Waals surface area contributed by atoms with Crippen LogP contribution in [0.2, 0.25) is 5.15 Å². The van der Waals surface area contributed by atoms with Crippen LogP contribution in [0.25, 0.3) is 5.69 Å². The third-order valence-electron chi connectivity index (χ3n) is 3.65. The summed E-state index contributed by atoms with van der Waals surface area (Å²) >= 11 is 6.40. The molecule has 0 saturated carbocycles. The third-order valence-corrected chi connectivity index (χ3v) is 4.04. The molecule has 0 fully saturated rings. The summed E-state index contributed by atoms with van der Waals surface area (Å²) in [7, 11) is 0. The number of para-hydroxylation sites is 2. The quantitative estimate of drug-likeness (QED) is 0.481. The minimum Gasteiger partial charge on any atom is -0.258 e. The van der Waals surface area contributed by atoms with E-state index in [1.165, 1.54) is 17.2 Å². The number of rotatable bonds is 2. The van der Waals surface area contributed by atoms with Gasteiger partial charge in [-0.15, -0.1) is 0 Å². The van der Waals surface area contributed by atoms with E-state index in [-0.39, 0.29) is 5.69 Å². The average molecular weight is 292 g/mol. The molecular formula is C14H14ClN3O2. The van der Waals surface area contributed by atoms with Crippen LogP contribution in [-0.4, -0.2) is 14.7 Å². The van der Waals surface area contributed by atoms with E-state index in [0.717, 1.165) is 36.9 Å². The fourth-order valence-electron chi connectivity index (χ4n) is 2.65. The van der Waals surface area contributed by atoms with Gasteiger partial charge in [-0.05, 0) is 31.7 Å². The molecule has 1 aromatic heterocycles. The molecular weight excluding hydrogens is 278 g/mol. The lowest BCUT2D eigenvalue weighted by Crippen LogP contribution is -2.02. The number of nitro groups is 1. The van der Waals surface area contributed by atoms with Gasteiger partial charge in [0, 0.05) is 11.6 Å². The first-order chi connectivity index (χ1) is 9.68. The number of benzene rings is 1. The normalized spacial score (nSPS) is 14.7. The van der Waals surface area contributed by atoms with Crippen LogP contribution in [0.15, 0.2) is 24.3 Å². The van der Waals surface area contributed by atoms with Gasteiger partial charge >= 0.3 is 0 Å². The monoisotopic (exact) mass is 291 g/mol. The zero-order chi connectivity index (χ0) is 14.1. The Labute approximate surface area is 121 Å². The third kappa shape index (κ3) is 2.18. The number of hydrogen-bond acceptors (Lipinski definition) is 3. The number of halogens is 1. The van der Waals surface area contributed by atoms with Crippen molar-refractivity contribution in [1.82, 2.24) is 9.78 Å². The highest BCUT2D eigenvalue weighted by molar-refractivity contribution is 6.30. The van der Waals surface area contributed by atoms with Gasteiger partial charge in [0.15, 0.2) is 0 Å². The maximum absolute atomic E-state index is 11.1. The molecule has 2 aromatic rings. The summed E-state index contributed by atoms with van der Waals surface area (Å²) in [6.07, 6.45) is 5.15. The van der Waals surface area contributed by atoms with Crippen molar-refractivity contribution in [3.8, 4) is 5.69 Å². The van der Waals surface area contributed by atoms with Gasteiger partial charge in [0.1, 0.15) is 10.8 Å². The first-order valence-corrected chi connectivity index (χ1v) is 7.06. The minimum atomic E-state index is -0.404. The standard InChI is InChI=1S/C14H14ClN3O2/c15-14-10-6-2-1-3-7-11(10)16-17(14)12-8-4-5-9-13(12)18(19)20/h4-5,8-9H,1-3,6-7H2. The molecule has 1 aliphatic carbocycles. The first-order valence-electron chi connectivity index (χ1n) is 6.68. The Kier molecular flexibility index (Phi) is 3.44. The molecule has 1 aliphatic rings. The maximum atomic E-state index is 11.1. The summed E-state index contributed by atoms with van der Waals surface area (Å²) in [5.74, 6) is 0. The van der Waals surface area contributed by atoms with Crippen molar-refractivity contribution in [2.75, 3.05) is 0 Å². The number of nitro benzene ring substituents is 1. The van der Waals surface area contributed by atoms with Crippen molar-refractivity contribution in [1.29, 1.82) is 0 Å². The van der Waals surface area contributed by atoms with E-state index in [2.05, 4.69) is 5.10 Å². The summed E-state index contributed by atoms with van der Waals surface area (Å²) < 4.78 is 1.51. The van der Waals surface area contributed by atoms with Gasteiger partial charge in [0.05, 0.1) is 10.6 Å². The molecule has 1 aromatic carbocycles. The van der Waals surface area contributed by atoms with Crippen molar-refractivity contribution in [3.05, 3.63) is 50.8 Å². The molecule has 0 N–H and O–H groups in total. The number of fused-ring (bicyclic) bond motifs is 1. The van der Waals surface area contributed by atoms with Crippen LogP contribution in [0.5, 0.6) is 0 Å². The Morgan fingerprint density at radius 1 is 1.20 bits per heavy atom. The Balaban J connectivity index is 2.14. The Hall–Kier alpha value is -1.88. The van der Waals surface area contributed by atoms with Gasteiger partial charge in [-0.1, -0.05) is 30.2 Å². The first kappa shape index (κ1) is 13.1. The van der Waals surface area contributed by atoms with Crippen LogP contribution < -0.4 is 0 Å². The summed E-state index contributed by atoms with van der Waals surface area (Å²) in [6, 6.07) is 6.55. The number of aromatic nitrogens is 2. The molecule has 3 rings (SSSR count). The summed E-state index contributed by atoms with van der Waals surface area (Å²) in [6.45, 7) is 0. The van der Waals surface area contributed by atoms with E-state index in [1.54, 1.807) is 18.2 Å². The molecule has 1 heterocycles. The molecule has 0 spiro atoms. The van der Waals surface area contributed by atoms with Gasteiger partial charge in [-0.3, -0.25) is 10.1 Å². The van der Waals surface area contributed by atoms with E-state index >= 15 is 0 Å². The lowest BCUT2D eigenvalue weighted by molar-refractivity contribution is -0.384. The fourth-order valence-corrected chi connectivity index (χ4v) is 2.98. The predicted octanol–water partition coefficient (Wildman–Crippen LogP) is 3.70. The lowest BCUT2D eigenvalue weighted by Gasteiger charge is -2.04. The highest BCUT2D eigenvalue weighted by Gasteiger charge is 2.23. The summed E-state index contributed by atoms with van der Waals surface area (Å²) in [4.78, 5) is 10.7. The molecule has 20 heavy (non-hydrogen) atoms. The van der Waals surface area contributed by atoms with Crippen LogP contribution >= 0.6 is 11.6 Å². The molecule has 6 heteroatoms. The smallest absolute Gasteiger partial charge is 0.258 e. The van der Waals surface area contributed by atoms with Crippen LogP contribution in [0.4, 0.5) is 5.69 Å². The van der Waals surface area contributed by atoms with Crippen LogP contribution in [0.1, 0.15) is 30.5 Å². The van der Waals surface area contributed by atoms with Crippen molar-refractivity contribution in [2.45, 2.75) is 32.1 Å². The highest BCUT2D eigenvalue weighted by atomic mass is 35.5. The average Bonchev–Trinajstić information content (AvgIpc) is 2.64. The molecule has 5 nitrogen and oxygen atoms in total. The minimum absolute atomic E-state index is 0.0204. The highest BCUT2D eigenvalue weighted by Crippen LogP contribution is 2.31. The van der Waals surface area contributed by atoms with Crippen LogP contribution in [-0.2, 0) is 12.8 Å².